The number of aromatic nitrogens is 1. The Kier molecular flexibility index (Phi) is 3.41. The summed E-state index contributed by atoms with van der Waals surface area (Å²) in [5, 5.41) is 4.38. The molecule has 0 radical (unpaired) electrons. The van der Waals surface area contributed by atoms with Crippen molar-refractivity contribution in [3.8, 4) is 0 Å². The lowest BCUT2D eigenvalue weighted by Gasteiger charge is -2.10. The standard InChI is InChI=1S/C12H17N3O/c1-15(2)8-3-6-13-12-10-5-9-16-11(10)4-7-14-12/h4-5,7,9H,3,6,8H2,1-2H3,(H,13,14). The predicted molar refractivity (Wildman–Crippen MR) is 65.7 cm³/mol. The number of nitrogens with one attached hydrogen (secondary N) is 1. The van der Waals surface area contributed by atoms with Crippen molar-refractivity contribution in [1.29, 1.82) is 0 Å². The summed E-state index contributed by atoms with van der Waals surface area (Å²) >= 11 is 0. The molecule has 0 saturated heterocycles. The zero-order chi connectivity index (χ0) is 11.4. The van der Waals surface area contributed by atoms with E-state index >= 15 is 0 Å². The summed E-state index contributed by atoms with van der Waals surface area (Å²) in [5.41, 5.74) is 0.880. The van der Waals surface area contributed by atoms with Crippen LogP contribution in [0.15, 0.2) is 29.0 Å². The molecule has 0 aliphatic rings. The third-order valence-corrected chi connectivity index (χ3v) is 2.45. The Balaban J connectivity index is 1.96. The lowest BCUT2D eigenvalue weighted by molar-refractivity contribution is 0.405. The summed E-state index contributed by atoms with van der Waals surface area (Å²) in [6, 6.07) is 3.82. The number of nitrogens with zero attached hydrogens (tertiary/aromatic N) is 2. The lowest BCUT2D eigenvalue weighted by atomic mass is 10.3. The zero-order valence-corrected chi connectivity index (χ0v) is 9.73. The molecule has 0 spiro atoms. The molecule has 0 fully saturated rings. The minimum Gasteiger partial charge on any atom is -0.464 e. The van der Waals surface area contributed by atoms with Gasteiger partial charge < -0.3 is 14.6 Å². The van der Waals surface area contributed by atoms with Crippen molar-refractivity contribution in [3.63, 3.8) is 0 Å². The maximum atomic E-state index is 5.31. The second-order valence-corrected chi connectivity index (χ2v) is 4.08. The molecule has 2 aromatic rings. The van der Waals surface area contributed by atoms with E-state index in [1.165, 1.54) is 0 Å². The summed E-state index contributed by atoms with van der Waals surface area (Å²) in [5.74, 6) is 0.907. The molecule has 0 aliphatic heterocycles. The monoisotopic (exact) mass is 219 g/mol. The van der Waals surface area contributed by atoms with E-state index in [4.69, 9.17) is 4.42 Å². The van der Waals surface area contributed by atoms with E-state index in [2.05, 4.69) is 29.3 Å². The van der Waals surface area contributed by atoms with Gasteiger partial charge in [0.2, 0.25) is 0 Å². The van der Waals surface area contributed by atoms with E-state index in [1.807, 2.05) is 12.1 Å². The molecular weight excluding hydrogens is 202 g/mol. The van der Waals surface area contributed by atoms with Crippen LogP contribution < -0.4 is 5.32 Å². The van der Waals surface area contributed by atoms with Crippen molar-refractivity contribution >= 4 is 16.8 Å². The molecule has 2 heterocycles. The molecule has 16 heavy (non-hydrogen) atoms. The minimum absolute atomic E-state index is 0.880. The molecule has 0 bridgehead atoms. The third-order valence-electron chi connectivity index (χ3n) is 2.45. The molecule has 0 unspecified atom stereocenters. The maximum Gasteiger partial charge on any atom is 0.139 e. The molecule has 4 heteroatoms. The number of rotatable bonds is 5. The van der Waals surface area contributed by atoms with Gasteiger partial charge in [-0.05, 0) is 39.2 Å². The van der Waals surface area contributed by atoms with E-state index < -0.39 is 0 Å². The van der Waals surface area contributed by atoms with Crippen LogP contribution in [0.3, 0.4) is 0 Å². The normalized spacial score (nSPS) is 11.2. The molecule has 4 nitrogen and oxygen atoms in total. The first kappa shape index (κ1) is 11.0. The largest absolute Gasteiger partial charge is 0.464 e. The van der Waals surface area contributed by atoms with Gasteiger partial charge in [0.05, 0.1) is 11.6 Å². The highest BCUT2D eigenvalue weighted by Crippen LogP contribution is 2.21. The Bertz CT molecular complexity index is 450. The number of fused-ring (bicyclic) bond motifs is 1. The first-order valence-corrected chi connectivity index (χ1v) is 5.48. The lowest BCUT2D eigenvalue weighted by Crippen LogP contribution is -2.16. The quantitative estimate of drug-likeness (QED) is 0.783. The highest BCUT2D eigenvalue weighted by Gasteiger charge is 2.03. The van der Waals surface area contributed by atoms with Crippen LogP contribution in [0.5, 0.6) is 0 Å². The first-order chi connectivity index (χ1) is 7.77. The molecular formula is C12H17N3O. The molecule has 86 valence electrons. The third kappa shape index (κ3) is 2.52. The number of hydrogen-bond acceptors (Lipinski definition) is 4. The van der Waals surface area contributed by atoms with Crippen molar-refractivity contribution in [1.82, 2.24) is 9.88 Å². The Morgan fingerprint density at radius 3 is 3.06 bits per heavy atom. The Labute approximate surface area is 95.3 Å². The van der Waals surface area contributed by atoms with Gasteiger partial charge in [-0.25, -0.2) is 4.98 Å². The van der Waals surface area contributed by atoms with Gasteiger partial charge >= 0.3 is 0 Å². The van der Waals surface area contributed by atoms with Gasteiger partial charge in [-0.15, -0.1) is 0 Å². The van der Waals surface area contributed by atoms with E-state index in [1.54, 1.807) is 12.5 Å². The zero-order valence-electron chi connectivity index (χ0n) is 9.73. The molecule has 2 aromatic heterocycles. The van der Waals surface area contributed by atoms with E-state index in [9.17, 15) is 0 Å². The van der Waals surface area contributed by atoms with Crippen LogP contribution in [0.4, 0.5) is 5.82 Å². The SMILES string of the molecule is CN(C)CCCNc1nccc2occc12. The first-order valence-electron chi connectivity index (χ1n) is 5.48. The van der Waals surface area contributed by atoms with Crippen LogP contribution >= 0.6 is 0 Å². The molecule has 0 saturated carbocycles. The van der Waals surface area contributed by atoms with E-state index in [-0.39, 0.29) is 0 Å². The fraction of sp³-hybridized carbons (Fsp3) is 0.417. The fourth-order valence-electron chi connectivity index (χ4n) is 1.64. The van der Waals surface area contributed by atoms with Crippen LogP contribution in [0.1, 0.15) is 6.42 Å². The average Bonchev–Trinajstić information content (AvgIpc) is 2.72. The van der Waals surface area contributed by atoms with Crippen molar-refractivity contribution in [2.75, 3.05) is 32.5 Å². The highest BCUT2D eigenvalue weighted by atomic mass is 16.3. The van der Waals surface area contributed by atoms with Crippen molar-refractivity contribution in [2.24, 2.45) is 0 Å². The predicted octanol–water partition coefficient (Wildman–Crippen LogP) is 2.19. The number of furan rings is 1. The number of anilines is 1. The van der Waals surface area contributed by atoms with E-state index in [0.29, 0.717) is 0 Å². The summed E-state index contributed by atoms with van der Waals surface area (Å²) in [6.07, 6.45) is 4.56. The van der Waals surface area contributed by atoms with Gasteiger partial charge in [0, 0.05) is 12.7 Å². The number of pyridine rings is 1. The van der Waals surface area contributed by atoms with Gasteiger partial charge in [-0.1, -0.05) is 0 Å². The van der Waals surface area contributed by atoms with Crippen molar-refractivity contribution < 1.29 is 4.42 Å². The molecule has 0 aromatic carbocycles. The molecule has 2 rings (SSSR count). The van der Waals surface area contributed by atoms with Gasteiger partial charge in [0.15, 0.2) is 0 Å². The highest BCUT2D eigenvalue weighted by molar-refractivity contribution is 5.87. The molecule has 0 amide bonds. The smallest absolute Gasteiger partial charge is 0.139 e. The molecule has 1 N–H and O–H groups in total. The van der Waals surface area contributed by atoms with Crippen molar-refractivity contribution in [3.05, 3.63) is 24.6 Å². The van der Waals surface area contributed by atoms with Gasteiger partial charge in [-0.2, -0.15) is 0 Å². The van der Waals surface area contributed by atoms with Crippen LogP contribution in [-0.4, -0.2) is 37.1 Å². The Morgan fingerprint density at radius 2 is 2.25 bits per heavy atom. The number of hydrogen-bond donors (Lipinski definition) is 1. The van der Waals surface area contributed by atoms with Crippen LogP contribution in [0.25, 0.3) is 11.0 Å². The summed E-state index contributed by atoms with van der Waals surface area (Å²) in [6.45, 7) is 2.00. The second kappa shape index (κ2) is 4.99. The Morgan fingerprint density at radius 1 is 1.38 bits per heavy atom. The van der Waals surface area contributed by atoms with Gasteiger partial charge in [0.1, 0.15) is 11.4 Å². The van der Waals surface area contributed by atoms with Gasteiger partial charge in [0.25, 0.3) is 0 Å². The minimum atomic E-state index is 0.880. The Hall–Kier alpha value is -1.55. The van der Waals surface area contributed by atoms with E-state index in [0.717, 1.165) is 36.3 Å². The second-order valence-electron chi connectivity index (χ2n) is 4.08. The summed E-state index contributed by atoms with van der Waals surface area (Å²) in [7, 11) is 4.16. The summed E-state index contributed by atoms with van der Waals surface area (Å²) < 4.78 is 5.31. The van der Waals surface area contributed by atoms with Crippen LogP contribution in [0.2, 0.25) is 0 Å². The fourth-order valence-corrected chi connectivity index (χ4v) is 1.64. The topological polar surface area (TPSA) is 41.3 Å². The maximum absolute atomic E-state index is 5.31. The van der Waals surface area contributed by atoms with Crippen molar-refractivity contribution in [2.45, 2.75) is 6.42 Å². The summed E-state index contributed by atoms with van der Waals surface area (Å²) in [4.78, 5) is 6.49. The average molecular weight is 219 g/mol. The van der Waals surface area contributed by atoms with Crippen LogP contribution in [-0.2, 0) is 0 Å². The molecule has 0 atom stereocenters. The molecule has 0 aliphatic carbocycles. The van der Waals surface area contributed by atoms with Gasteiger partial charge in [-0.3, -0.25) is 0 Å². The van der Waals surface area contributed by atoms with Crippen LogP contribution in [0, 0.1) is 0 Å².